The number of carbonyl (C=O) groups is 2. The number of thioether (sulfide) groups is 1. The average molecular weight is 438 g/mol. The van der Waals surface area contributed by atoms with Gasteiger partial charge >= 0.3 is 0 Å². The molecule has 0 saturated heterocycles. The molecule has 0 aliphatic heterocycles. The molecule has 1 aromatic heterocycles. The van der Waals surface area contributed by atoms with Crippen LogP contribution in [0.1, 0.15) is 21.7 Å². The molecule has 8 nitrogen and oxygen atoms in total. The summed E-state index contributed by atoms with van der Waals surface area (Å²) in [5.74, 6) is 0.598. The molecule has 0 unspecified atom stereocenters. The van der Waals surface area contributed by atoms with Crippen LogP contribution in [-0.4, -0.2) is 32.3 Å². The summed E-state index contributed by atoms with van der Waals surface area (Å²) < 4.78 is 7.72. The Kier molecular flexibility index (Phi) is 7.45. The predicted octanol–water partition coefficient (Wildman–Crippen LogP) is 3.18. The summed E-state index contributed by atoms with van der Waals surface area (Å²) in [6.07, 6.45) is 1.73. The number of benzene rings is 2. The van der Waals surface area contributed by atoms with E-state index in [1.165, 1.54) is 11.8 Å². The summed E-state index contributed by atoms with van der Waals surface area (Å²) in [6.45, 7) is 6.47. The van der Waals surface area contributed by atoms with Gasteiger partial charge in [0.15, 0.2) is 11.0 Å². The summed E-state index contributed by atoms with van der Waals surface area (Å²) in [5.41, 5.74) is 7.01. The SMILES string of the molecule is C=CCn1c(COc2ccccc2C)nnc1SCC(=O)Nc1ccccc1C(N)=O. The number of primary amides is 1. The normalized spacial score (nSPS) is 10.5. The number of rotatable bonds is 10. The Hall–Kier alpha value is -3.59. The van der Waals surface area contributed by atoms with Crippen molar-refractivity contribution in [3.05, 3.63) is 78.1 Å². The summed E-state index contributed by atoms with van der Waals surface area (Å²) in [7, 11) is 0. The number of carbonyl (C=O) groups excluding carboxylic acids is 2. The van der Waals surface area contributed by atoms with Crippen LogP contribution in [0.3, 0.4) is 0 Å². The predicted molar refractivity (Wildman–Crippen MR) is 120 cm³/mol. The molecule has 0 atom stereocenters. The molecule has 1 heterocycles. The first-order chi connectivity index (χ1) is 15.0. The number of amides is 2. The van der Waals surface area contributed by atoms with E-state index in [1.807, 2.05) is 35.8 Å². The first kappa shape index (κ1) is 22.1. The molecule has 31 heavy (non-hydrogen) atoms. The quantitative estimate of drug-likeness (QED) is 0.372. The van der Waals surface area contributed by atoms with Gasteiger partial charge in [-0.1, -0.05) is 48.2 Å². The molecule has 2 aromatic carbocycles. The summed E-state index contributed by atoms with van der Waals surface area (Å²) in [6, 6.07) is 14.3. The molecule has 2 amide bonds. The van der Waals surface area contributed by atoms with E-state index in [-0.39, 0.29) is 23.8 Å². The van der Waals surface area contributed by atoms with E-state index in [9.17, 15) is 9.59 Å². The molecule has 0 bridgehead atoms. The van der Waals surface area contributed by atoms with E-state index >= 15 is 0 Å². The van der Waals surface area contributed by atoms with Gasteiger partial charge in [-0.15, -0.1) is 16.8 Å². The second-order valence-corrected chi connectivity index (χ2v) is 7.54. The number of nitrogens with zero attached hydrogens (tertiary/aromatic N) is 3. The van der Waals surface area contributed by atoms with Gasteiger partial charge in [-0.2, -0.15) is 0 Å². The van der Waals surface area contributed by atoms with E-state index < -0.39 is 5.91 Å². The molecule has 0 aliphatic carbocycles. The zero-order valence-corrected chi connectivity index (χ0v) is 17.9. The van der Waals surface area contributed by atoms with Crippen molar-refractivity contribution in [2.45, 2.75) is 25.2 Å². The maximum absolute atomic E-state index is 12.4. The second-order valence-electron chi connectivity index (χ2n) is 6.60. The molecule has 0 saturated carbocycles. The van der Waals surface area contributed by atoms with Crippen molar-refractivity contribution >= 4 is 29.3 Å². The molecule has 3 aromatic rings. The highest BCUT2D eigenvalue weighted by atomic mass is 32.2. The van der Waals surface area contributed by atoms with Gasteiger partial charge < -0.3 is 15.8 Å². The monoisotopic (exact) mass is 437 g/mol. The number of aryl methyl sites for hydroxylation is 1. The minimum Gasteiger partial charge on any atom is -0.485 e. The molecule has 3 rings (SSSR count). The Morgan fingerprint density at radius 2 is 1.94 bits per heavy atom. The van der Waals surface area contributed by atoms with Crippen LogP contribution in [-0.2, 0) is 17.9 Å². The van der Waals surface area contributed by atoms with Gasteiger partial charge in [0.2, 0.25) is 5.91 Å². The third-order valence-electron chi connectivity index (χ3n) is 4.35. The zero-order chi connectivity index (χ0) is 22.2. The fourth-order valence-corrected chi connectivity index (χ4v) is 3.60. The van der Waals surface area contributed by atoms with Crippen molar-refractivity contribution in [3.63, 3.8) is 0 Å². The highest BCUT2D eigenvalue weighted by Gasteiger charge is 2.16. The summed E-state index contributed by atoms with van der Waals surface area (Å²) >= 11 is 1.23. The maximum atomic E-state index is 12.4. The van der Waals surface area contributed by atoms with Crippen molar-refractivity contribution in [1.82, 2.24) is 14.8 Å². The lowest BCUT2D eigenvalue weighted by atomic mass is 10.1. The first-order valence-corrected chi connectivity index (χ1v) is 10.5. The maximum Gasteiger partial charge on any atom is 0.250 e. The lowest BCUT2D eigenvalue weighted by molar-refractivity contribution is -0.113. The summed E-state index contributed by atoms with van der Waals surface area (Å²) in [5, 5.41) is 11.7. The molecule has 0 spiro atoms. The molecule has 0 radical (unpaired) electrons. The molecular weight excluding hydrogens is 414 g/mol. The lowest BCUT2D eigenvalue weighted by Crippen LogP contribution is -2.19. The topological polar surface area (TPSA) is 112 Å². The van der Waals surface area contributed by atoms with Crippen LogP contribution < -0.4 is 15.8 Å². The van der Waals surface area contributed by atoms with Gasteiger partial charge in [-0.25, -0.2) is 0 Å². The smallest absolute Gasteiger partial charge is 0.250 e. The molecule has 160 valence electrons. The van der Waals surface area contributed by atoms with Crippen LogP contribution in [0, 0.1) is 6.92 Å². The van der Waals surface area contributed by atoms with E-state index in [0.717, 1.165) is 11.3 Å². The minimum absolute atomic E-state index is 0.0843. The van der Waals surface area contributed by atoms with Crippen molar-refractivity contribution in [2.24, 2.45) is 5.73 Å². The number of allylic oxidation sites excluding steroid dienone is 1. The Morgan fingerprint density at radius 3 is 2.68 bits per heavy atom. The van der Waals surface area contributed by atoms with Crippen molar-refractivity contribution < 1.29 is 14.3 Å². The molecular formula is C22H23N5O3S. The van der Waals surface area contributed by atoms with Gasteiger partial charge in [0.05, 0.1) is 17.0 Å². The fourth-order valence-electron chi connectivity index (χ4n) is 2.83. The Labute approximate surface area is 184 Å². The molecule has 9 heteroatoms. The average Bonchev–Trinajstić information content (AvgIpc) is 3.14. The van der Waals surface area contributed by atoms with E-state index in [2.05, 4.69) is 22.1 Å². The van der Waals surface area contributed by atoms with Crippen LogP contribution in [0.25, 0.3) is 0 Å². The fraction of sp³-hybridized carbons (Fsp3) is 0.182. The molecule has 0 aliphatic rings. The van der Waals surface area contributed by atoms with Gasteiger partial charge in [-0.05, 0) is 30.7 Å². The zero-order valence-electron chi connectivity index (χ0n) is 17.1. The van der Waals surface area contributed by atoms with Crippen molar-refractivity contribution in [3.8, 4) is 5.75 Å². The molecule has 3 N–H and O–H groups in total. The van der Waals surface area contributed by atoms with Crippen LogP contribution in [0.5, 0.6) is 5.75 Å². The number of nitrogens with two attached hydrogens (primary N) is 1. The van der Waals surface area contributed by atoms with Gasteiger partial charge in [0, 0.05) is 6.54 Å². The third kappa shape index (κ3) is 5.73. The highest BCUT2D eigenvalue weighted by Crippen LogP contribution is 2.21. The van der Waals surface area contributed by atoms with E-state index in [1.54, 1.807) is 30.3 Å². The number of ether oxygens (including phenoxy) is 1. The minimum atomic E-state index is -0.604. The van der Waals surface area contributed by atoms with Crippen molar-refractivity contribution in [1.29, 1.82) is 0 Å². The number of anilines is 1. The number of hydrogen-bond acceptors (Lipinski definition) is 6. The van der Waals surface area contributed by atoms with E-state index in [4.69, 9.17) is 10.5 Å². The Balaban J connectivity index is 1.65. The number of para-hydroxylation sites is 2. The van der Waals surface area contributed by atoms with Crippen LogP contribution >= 0.6 is 11.8 Å². The lowest BCUT2D eigenvalue weighted by Gasteiger charge is -2.11. The highest BCUT2D eigenvalue weighted by molar-refractivity contribution is 7.99. The van der Waals surface area contributed by atoms with Gasteiger partial charge in [-0.3, -0.25) is 14.2 Å². The number of nitrogens with one attached hydrogen (secondary N) is 1. The Bertz CT molecular complexity index is 1100. The van der Waals surface area contributed by atoms with Crippen LogP contribution in [0.15, 0.2) is 66.3 Å². The first-order valence-electron chi connectivity index (χ1n) is 9.52. The van der Waals surface area contributed by atoms with Gasteiger partial charge in [0.1, 0.15) is 12.4 Å². The second kappa shape index (κ2) is 10.4. The van der Waals surface area contributed by atoms with Gasteiger partial charge in [0.25, 0.3) is 5.91 Å². The van der Waals surface area contributed by atoms with E-state index in [0.29, 0.717) is 23.2 Å². The Morgan fingerprint density at radius 1 is 1.19 bits per heavy atom. The third-order valence-corrected chi connectivity index (χ3v) is 5.32. The van der Waals surface area contributed by atoms with Crippen LogP contribution in [0.2, 0.25) is 0 Å². The number of hydrogen-bond donors (Lipinski definition) is 2. The summed E-state index contributed by atoms with van der Waals surface area (Å²) in [4.78, 5) is 23.9. The molecule has 0 fully saturated rings. The van der Waals surface area contributed by atoms with Crippen LogP contribution in [0.4, 0.5) is 5.69 Å². The number of aromatic nitrogens is 3. The standard InChI is InChI=1S/C22H23N5O3S/c1-3-12-27-19(13-30-18-11-7-4-8-15(18)2)25-26-22(27)31-14-20(28)24-17-10-6-5-9-16(17)21(23)29/h3-11H,1,12-14H2,2H3,(H2,23,29)(H,24,28). The van der Waals surface area contributed by atoms with Crippen molar-refractivity contribution in [2.75, 3.05) is 11.1 Å². The largest absolute Gasteiger partial charge is 0.485 e.